The lowest BCUT2D eigenvalue weighted by atomic mass is 9.97. The van der Waals surface area contributed by atoms with E-state index in [9.17, 15) is 0 Å². The second-order valence-corrected chi connectivity index (χ2v) is 9.59. The zero-order valence-corrected chi connectivity index (χ0v) is 20.3. The molecule has 0 amide bonds. The van der Waals surface area contributed by atoms with Gasteiger partial charge in [0.1, 0.15) is 30.2 Å². The van der Waals surface area contributed by atoms with E-state index < -0.39 is 0 Å². The fraction of sp³-hybridized carbons (Fsp3) is 0.560. The smallest absolute Gasteiger partial charge is 0.155 e. The molecule has 2 aromatic rings. The van der Waals surface area contributed by atoms with Crippen LogP contribution in [0.15, 0.2) is 29.4 Å². The molecule has 0 aliphatic carbocycles. The molecule has 1 atom stereocenters. The van der Waals surface area contributed by atoms with Crippen LogP contribution >= 0.6 is 0 Å². The highest BCUT2D eigenvalue weighted by Crippen LogP contribution is 2.36. The Morgan fingerprint density at radius 3 is 2.71 bits per heavy atom. The maximum atomic E-state index is 7.44. The number of morpholine rings is 1. The van der Waals surface area contributed by atoms with E-state index in [1.54, 1.807) is 0 Å². The third-order valence-corrected chi connectivity index (χ3v) is 6.96. The van der Waals surface area contributed by atoms with Crippen LogP contribution in [0.4, 0.5) is 0 Å². The van der Waals surface area contributed by atoms with Crippen molar-refractivity contribution in [3.63, 3.8) is 0 Å². The number of imidazole rings is 1. The van der Waals surface area contributed by atoms with Crippen molar-refractivity contribution in [3.05, 3.63) is 35.7 Å². The molecule has 2 saturated heterocycles. The van der Waals surface area contributed by atoms with Gasteiger partial charge < -0.3 is 19.4 Å². The Morgan fingerprint density at radius 1 is 1.18 bits per heavy atom. The molecule has 9 nitrogen and oxygen atoms in total. The van der Waals surface area contributed by atoms with Gasteiger partial charge in [-0.05, 0) is 38.5 Å². The van der Waals surface area contributed by atoms with Crippen LogP contribution in [0.5, 0.6) is 5.75 Å². The summed E-state index contributed by atoms with van der Waals surface area (Å²) >= 11 is 0. The van der Waals surface area contributed by atoms with E-state index in [1.165, 1.54) is 5.56 Å². The van der Waals surface area contributed by atoms with Crippen molar-refractivity contribution in [1.29, 1.82) is 5.41 Å². The number of hydrogen-bond donors (Lipinski definition) is 2. The highest BCUT2D eigenvalue weighted by molar-refractivity contribution is 6.01. The Labute approximate surface area is 201 Å². The largest absolute Gasteiger partial charge is 0.491 e. The van der Waals surface area contributed by atoms with Crippen molar-refractivity contribution >= 4 is 12.2 Å². The number of amidine groups is 1. The average Bonchev–Trinajstić information content (AvgIpc) is 3.15. The van der Waals surface area contributed by atoms with Crippen molar-refractivity contribution < 1.29 is 9.47 Å². The summed E-state index contributed by atoms with van der Waals surface area (Å²) in [5, 5.41) is 10.7. The van der Waals surface area contributed by atoms with Crippen LogP contribution < -0.4 is 10.1 Å². The molecule has 3 aliphatic heterocycles. The van der Waals surface area contributed by atoms with E-state index in [2.05, 4.69) is 63.6 Å². The molecule has 5 rings (SSSR count). The standard InChI is InChI=1S/C25H35N7O2/c1-17(2)28-24(27-16-26)22-15-31-8-11-34-23-5-4-19(12-21(23)25(31)29-22)18(3)32-13-20(14-32)30-6-9-33-10-7-30/h4-5,12,15-18,20H,6-11,13-14H2,1-3H3,(H2,26,27,28)/t18-/m0/s1. The molecule has 4 heterocycles. The third-order valence-electron chi connectivity index (χ3n) is 6.96. The number of rotatable bonds is 6. The Kier molecular flexibility index (Phi) is 6.67. The van der Waals surface area contributed by atoms with Crippen LogP contribution in [-0.4, -0.2) is 89.6 Å². The number of nitrogens with one attached hydrogen (secondary N) is 2. The lowest BCUT2D eigenvalue weighted by Gasteiger charge is -2.49. The summed E-state index contributed by atoms with van der Waals surface area (Å²) in [7, 11) is 0. The van der Waals surface area contributed by atoms with Crippen molar-refractivity contribution in [2.24, 2.45) is 4.99 Å². The zero-order valence-electron chi connectivity index (χ0n) is 20.3. The van der Waals surface area contributed by atoms with E-state index >= 15 is 0 Å². The molecule has 1 aromatic heterocycles. The molecule has 0 radical (unpaired) electrons. The Balaban J connectivity index is 1.38. The molecule has 0 saturated carbocycles. The lowest BCUT2D eigenvalue weighted by molar-refractivity contribution is -0.0434. The van der Waals surface area contributed by atoms with Crippen molar-refractivity contribution in [2.75, 3.05) is 46.0 Å². The third kappa shape index (κ3) is 4.60. The van der Waals surface area contributed by atoms with E-state index in [0.29, 0.717) is 24.5 Å². The summed E-state index contributed by atoms with van der Waals surface area (Å²) in [6.07, 6.45) is 3.06. The summed E-state index contributed by atoms with van der Waals surface area (Å²) in [5.74, 6) is 2.37. The first-order chi connectivity index (χ1) is 16.5. The minimum absolute atomic E-state index is 0.195. The number of aliphatic imine (C=N–C) groups is 1. The van der Waals surface area contributed by atoms with Crippen LogP contribution in [-0.2, 0) is 11.3 Å². The number of benzene rings is 1. The number of hydrogen-bond acceptors (Lipinski definition) is 6. The van der Waals surface area contributed by atoms with Gasteiger partial charge in [-0.2, -0.15) is 0 Å². The van der Waals surface area contributed by atoms with E-state index in [0.717, 1.165) is 75.1 Å². The van der Waals surface area contributed by atoms with Crippen LogP contribution in [0.2, 0.25) is 0 Å². The summed E-state index contributed by atoms with van der Waals surface area (Å²) in [5.41, 5.74) is 3.03. The first kappa shape index (κ1) is 23.0. The van der Waals surface area contributed by atoms with Gasteiger partial charge in [0.25, 0.3) is 0 Å². The van der Waals surface area contributed by atoms with E-state index in [4.69, 9.17) is 19.9 Å². The van der Waals surface area contributed by atoms with Gasteiger partial charge in [0.05, 0.1) is 25.3 Å². The molecule has 0 spiro atoms. The fourth-order valence-electron chi connectivity index (χ4n) is 4.98. The number of likely N-dealkylation sites (tertiary alicyclic amines) is 1. The number of ether oxygens (including phenoxy) is 2. The lowest BCUT2D eigenvalue weighted by Crippen LogP contribution is -2.61. The molecular formula is C25H35N7O2. The summed E-state index contributed by atoms with van der Waals surface area (Å²) < 4.78 is 13.7. The van der Waals surface area contributed by atoms with Gasteiger partial charge in [-0.1, -0.05) is 6.07 Å². The molecule has 9 heteroatoms. The van der Waals surface area contributed by atoms with E-state index in [1.807, 2.05) is 6.20 Å². The van der Waals surface area contributed by atoms with Crippen molar-refractivity contribution in [3.8, 4) is 17.1 Å². The normalized spacial score (nSPS) is 20.6. The quantitative estimate of drug-likeness (QED) is 0.503. The highest BCUT2D eigenvalue weighted by Gasteiger charge is 2.35. The highest BCUT2D eigenvalue weighted by atomic mass is 16.5. The molecule has 2 fully saturated rings. The first-order valence-corrected chi connectivity index (χ1v) is 12.3. The molecule has 1 aromatic carbocycles. The fourth-order valence-corrected chi connectivity index (χ4v) is 4.98. The Bertz CT molecular complexity index is 1050. The topological polar surface area (TPSA) is 91.0 Å². The maximum Gasteiger partial charge on any atom is 0.155 e. The van der Waals surface area contributed by atoms with Crippen molar-refractivity contribution in [1.82, 2.24) is 24.7 Å². The zero-order chi connectivity index (χ0) is 23.7. The summed E-state index contributed by atoms with van der Waals surface area (Å²) in [4.78, 5) is 14.2. The van der Waals surface area contributed by atoms with Gasteiger partial charge in [0.15, 0.2) is 5.84 Å². The van der Waals surface area contributed by atoms with Crippen LogP contribution in [0.1, 0.15) is 38.1 Å². The van der Waals surface area contributed by atoms with Gasteiger partial charge in [-0.25, -0.2) is 9.98 Å². The molecule has 34 heavy (non-hydrogen) atoms. The molecular weight excluding hydrogens is 430 g/mol. The first-order valence-electron chi connectivity index (χ1n) is 12.3. The van der Waals surface area contributed by atoms with Crippen LogP contribution in [0, 0.1) is 5.41 Å². The molecule has 2 N–H and O–H groups in total. The summed E-state index contributed by atoms with van der Waals surface area (Å²) in [6.45, 7) is 13.7. The van der Waals surface area contributed by atoms with Crippen LogP contribution in [0.25, 0.3) is 11.4 Å². The number of nitrogens with zero attached hydrogens (tertiary/aromatic N) is 5. The van der Waals surface area contributed by atoms with Gasteiger partial charge in [-0.15, -0.1) is 0 Å². The summed E-state index contributed by atoms with van der Waals surface area (Å²) in [6, 6.07) is 7.67. The molecule has 3 aliphatic rings. The Hall–Kier alpha value is -2.75. The van der Waals surface area contributed by atoms with Gasteiger partial charge in [-0.3, -0.25) is 15.2 Å². The molecule has 0 bridgehead atoms. The number of fused-ring (bicyclic) bond motifs is 3. The second kappa shape index (κ2) is 9.85. The predicted molar refractivity (Wildman–Crippen MR) is 133 cm³/mol. The second-order valence-electron chi connectivity index (χ2n) is 9.59. The monoisotopic (exact) mass is 465 g/mol. The van der Waals surface area contributed by atoms with E-state index in [-0.39, 0.29) is 6.04 Å². The molecule has 182 valence electrons. The minimum Gasteiger partial charge on any atom is -0.491 e. The van der Waals surface area contributed by atoms with Gasteiger partial charge in [0, 0.05) is 50.5 Å². The van der Waals surface area contributed by atoms with Crippen molar-refractivity contribution in [2.45, 2.75) is 45.4 Å². The van der Waals surface area contributed by atoms with Gasteiger partial charge in [0.2, 0.25) is 0 Å². The minimum atomic E-state index is 0.195. The SMILES string of the molecule is CC(C)N/C(=N\C=N)c1cn2c(n1)-c1cc([C@H](C)N3CC(N4CCOCC4)C3)ccc1OCC2. The number of aromatic nitrogens is 2. The Morgan fingerprint density at radius 2 is 1.97 bits per heavy atom. The van der Waals surface area contributed by atoms with Crippen LogP contribution in [0.3, 0.4) is 0 Å². The predicted octanol–water partition coefficient (Wildman–Crippen LogP) is 2.37. The average molecular weight is 466 g/mol. The van der Waals surface area contributed by atoms with Gasteiger partial charge >= 0.3 is 0 Å². The maximum absolute atomic E-state index is 7.44. The molecule has 0 unspecified atom stereocenters.